The maximum atomic E-state index is 12.8. The molecule has 0 aliphatic carbocycles. The summed E-state index contributed by atoms with van der Waals surface area (Å²) in [5, 5.41) is 0. The number of carbonyl (C=O) groups is 2. The fourth-order valence-corrected chi connectivity index (χ4v) is 2.68. The van der Waals surface area contributed by atoms with Gasteiger partial charge in [0.2, 0.25) is 0 Å². The van der Waals surface area contributed by atoms with E-state index in [4.69, 9.17) is 15.2 Å². The van der Waals surface area contributed by atoms with Crippen molar-refractivity contribution in [1.82, 2.24) is 9.80 Å². The molecule has 0 radical (unpaired) electrons. The van der Waals surface area contributed by atoms with Crippen LogP contribution in [0.1, 0.15) is 37.6 Å². The van der Waals surface area contributed by atoms with Crippen molar-refractivity contribution in [3.05, 3.63) is 23.8 Å². The van der Waals surface area contributed by atoms with Gasteiger partial charge in [0, 0.05) is 43.5 Å². The first-order valence-electron chi connectivity index (χ1n) is 8.41. The van der Waals surface area contributed by atoms with Crippen LogP contribution in [0.2, 0.25) is 0 Å². The normalized spacial score (nSPS) is 15.5. The number of ether oxygens (including phenoxy) is 2. The Morgan fingerprint density at radius 2 is 1.68 bits per heavy atom. The standard InChI is InChI=1S/C18H27N3O4/c1-18(2,3)25-17(23)21-7-5-6-20(8-9-21)16(22)13-10-14(19)12-15(11-13)24-4/h10-12H,5-9,19H2,1-4H3. The van der Waals surface area contributed by atoms with Crippen LogP contribution in [0.5, 0.6) is 5.75 Å². The first-order chi connectivity index (χ1) is 11.7. The molecular weight excluding hydrogens is 322 g/mol. The van der Waals surface area contributed by atoms with Crippen LogP contribution in [0.3, 0.4) is 0 Å². The van der Waals surface area contributed by atoms with Crippen molar-refractivity contribution in [1.29, 1.82) is 0 Å². The van der Waals surface area contributed by atoms with Gasteiger partial charge in [-0.25, -0.2) is 4.79 Å². The topological polar surface area (TPSA) is 85.1 Å². The van der Waals surface area contributed by atoms with Crippen LogP contribution in [0, 0.1) is 0 Å². The van der Waals surface area contributed by atoms with E-state index < -0.39 is 5.60 Å². The second-order valence-electron chi connectivity index (χ2n) is 7.11. The summed E-state index contributed by atoms with van der Waals surface area (Å²) in [5.74, 6) is 0.435. The molecule has 25 heavy (non-hydrogen) atoms. The third-order valence-corrected chi connectivity index (χ3v) is 3.85. The molecule has 0 spiro atoms. The lowest BCUT2D eigenvalue weighted by atomic mass is 10.1. The molecule has 1 fully saturated rings. The molecule has 0 unspecified atom stereocenters. The van der Waals surface area contributed by atoms with Gasteiger partial charge in [-0.2, -0.15) is 0 Å². The average molecular weight is 349 g/mol. The summed E-state index contributed by atoms with van der Waals surface area (Å²) in [6.45, 7) is 7.56. The van der Waals surface area contributed by atoms with Crippen LogP contribution < -0.4 is 10.5 Å². The second kappa shape index (κ2) is 7.63. The molecule has 1 heterocycles. The maximum absolute atomic E-state index is 12.8. The van der Waals surface area contributed by atoms with E-state index in [0.717, 1.165) is 0 Å². The van der Waals surface area contributed by atoms with Gasteiger partial charge in [-0.3, -0.25) is 4.79 Å². The average Bonchev–Trinajstić information content (AvgIpc) is 2.78. The Hall–Kier alpha value is -2.44. The Morgan fingerprint density at radius 3 is 2.32 bits per heavy atom. The van der Waals surface area contributed by atoms with E-state index in [2.05, 4.69) is 0 Å². The summed E-state index contributed by atoms with van der Waals surface area (Å²) < 4.78 is 10.6. The van der Waals surface area contributed by atoms with Crippen molar-refractivity contribution in [3.8, 4) is 5.75 Å². The summed E-state index contributed by atoms with van der Waals surface area (Å²) in [6, 6.07) is 4.99. The molecule has 1 aromatic carbocycles. The molecule has 0 bridgehead atoms. The smallest absolute Gasteiger partial charge is 0.410 e. The van der Waals surface area contributed by atoms with E-state index in [1.165, 1.54) is 7.11 Å². The van der Waals surface area contributed by atoms with Gasteiger partial charge in [0.1, 0.15) is 11.4 Å². The molecule has 2 amide bonds. The molecule has 7 nitrogen and oxygen atoms in total. The summed E-state index contributed by atoms with van der Waals surface area (Å²) in [6.07, 6.45) is 0.358. The predicted octanol–water partition coefficient (Wildman–Crippen LogP) is 2.36. The first-order valence-corrected chi connectivity index (χ1v) is 8.41. The minimum atomic E-state index is -0.531. The number of hydrogen-bond acceptors (Lipinski definition) is 5. The van der Waals surface area contributed by atoms with Crippen molar-refractivity contribution >= 4 is 17.7 Å². The summed E-state index contributed by atoms with van der Waals surface area (Å²) in [5.41, 5.74) is 6.27. The van der Waals surface area contributed by atoms with Crippen LogP contribution in [0.25, 0.3) is 0 Å². The van der Waals surface area contributed by atoms with Crippen molar-refractivity contribution < 1.29 is 19.1 Å². The molecule has 138 valence electrons. The first kappa shape index (κ1) is 18.9. The number of anilines is 1. The number of amides is 2. The van der Waals surface area contributed by atoms with Crippen LogP contribution >= 0.6 is 0 Å². The van der Waals surface area contributed by atoms with Crippen LogP contribution in [-0.2, 0) is 4.74 Å². The van der Waals surface area contributed by atoms with E-state index in [9.17, 15) is 9.59 Å². The number of methoxy groups -OCH3 is 1. The molecule has 7 heteroatoms. The SMILES string of the molecule is COc1cc(N)cc(C(=O)N2CCCN(C(=O)OC(C)(C)C)CC2)c1. The number of nitrogen functional groups attached to an aromatic ring is 1. The quantitative estimate of drug-likeness (QED) is 0.829. The van der Waals surface area contributed by atoms with Gasteiger partial charge in [0.15, 0.2) is 0 Å². The number of rotatable bonds is 2. The van der Waals surface area contributed by atoms with Crippen molar-refractivity contribution in [2.75, 3.05) is 39.0 Å². The van der Waals surface area contributed by atoms with Gasteiger partial charge in [-0.1, -0.05) is 0 Å². The Balaban J connectivity index is 2.04. The predicted molar refractivity (Wildman–Crippen MR) is 95.7 cm³/mol. The Bertz CT molecular complexity index is 640. The van der Waals surface area contributed by atoms with Gasteiger partial charge < -0.3 is 25.0 Å². The minimum Gasteiger partial charge on any atom is -0.497 e. The molecule has 2 N–H and O–H groups in total. The van der Waals surface area contributed by atoms with Gasteiger partial charge in [-0.15, -0.1) is 0 Å². The van der Waals surface area contributed by atoms with E-state index >= 15 is 0 Å². The Morgan fingerprint density at radius 1 is 1.04 bits per heavy atom. The van der Waals surface area contributed by atoms with E-state index in [1.807, 2.05) is 20.8 Å². The molecule has 1 aliphatic heterocycles. The van der Waals surface area contributed by atoms with Crippen molar-refractivity contribution in [3.63, 3.8) is 0 Å². The van der Waals surface area contributed by atoms with Crippen LogP contribution in [0.15, 0.2) is 18.2 Å². The monoisotopic (exact) mass is 349 g/mol. The number of carbonyl (C=O) groups excluding carboxylic acids is 2. The summed E-state index contributed by atoms with van der Waals surface area (Å²) >= 11 is 0. The van der Waals surface area contributed by atoms with Crippen molar-refractivity contribution in [2.45, 2.75) is 32.8 Å². The molecule has 0 aromatic heterocycles. The fraction of sp³-hybridized carbons (Fsp3) is 0.556. The Labute approximate surface area is 148 Å². The zero-order valence-corrected chi connectivity index (χ0v) is 15.4. The second-order valence-corrected chi connectivity index (χ2v) is 7.11. The molecule has 0 atom stereocenters. The highest BCUT2D eigenvalue weighted by Gasteiger charge is 2.26. The number of hydrogen-bond donors (Lipinski definition) is 1. The maximum Gasteiger partial charge on any atom is 0.410 e. The molecule has 1 saturated heterocycles. The van der Waals surface area contributed by atoms with Gasteiger partial charge in [0.25, 0.3) is 5.91 Å². The highest BCUT2D eigenvalue weighted by atomic mass is 16.6. The zero-order valence-electron chi connectivity index (χ0n) is 15.4. The van der Waals surface area contributed by atoms with E-state index in [-0.39, 0.29) is 12.0 Å². The van der Waals surface area contributed by atoms with Crippen LogP contribution in [0.4, 0.5) is 10.5 Å². The Kier molecular flexibility index (Phi) is 5.77. The molecule has 2 rings (SSSR count). The highest BCUT2D eigenvalue weighted by Crippen LogP contribution is 2.20. The third kappa shape index (κ3) is 5.27. The molecular formula is C18H27N3O4. The van der Waals surface area contributed by atoms with Gasteiger partial charge >= 0.3 is 6.09 Å². The minimum absolute atomic E-state index is 0.114. The van der Waals surface area contributed by atoms with Crippen molar-refractivity contribution in [2.24, 2.45) is 0 Å². The summed E-state index contributed by atoms with van der Waals surface area (Å²) in [4.78, 5) is 28.4. The lowest BCUT2D eigenvalue weighted by Gasteiger charge is -2.26. The lowest BCUT2D eigenvalue weighted by molar-refractivity contribution is 0.0255. The molecule has 1 aliphatic rings. The number of nitrogens with zero attached hydrogens (tertiary/aromatic N) is 2. The van der Waals surface area contributed by atoms with E-state index in [1.54, 1.807) is 28.0 Å². The molecule has 0 saturated carbocycles. The highest BCUT2D eigenvalue weighted by molar-refractivity contribution is 5.95. The van der Waals surface area contributed by atoms with Gasteiger partial charge in [-0.05, 0) is 39.3 Å². The summed E-state index contributed by atoms with van der Waals surface area (Å²) in [7, 11) is 1.54. The van der Waals surface area contributed by atoms with E-state index in [0.29, 0.717) is 49.6 Å². The lowest BCUT2D eigenvalue weighted by Crippen LogP contribution is -2.40. The molecule has 1 aromatic rings. The van der Waals surface area contributed by atoms with Gasteiger partial charge in [0.05, 0.1) is 7.11 Å². The number of nitrogens with two attached hydrogens (primary N) is 1. The zero-order chi connectivity index (χ0) is 18.6. The van der Waals surface area contributed by atoms with Crippen LogP contribution in [-0.4, -0.2) is 60.7 Å². The third-order valence-electron chi connectivity index (χ3n) is 3.85. The largest absolute Gasteiger partial charge is 0.497 e. The number of benzene rings is 1. The fourth-order valence-electron chi connectivity index (χ4n) is 2.68.